The molecule has 4 nitrogen and oxygen atoms in total. The van der Waals surface area contributed by atoms with Crippen LogP contribution in [0, 0.1) is 13.8 Å². The van der Waals surface area contributed by atoms with E-state index in [1.807, 2.05) is 26.0 Å². The minimum atomic E-state index is -0.898. The maximum Gasteiger partial charge on any atom is 0.326 e. The number of likely N-dealkylation sites (tertiary alicyclic amines) is 1. The van der Waals surface area contributed by atoms with E-state index < -0.39 is 12.0 Å². The second-order valence-electron chi connectivity index (χ2n) is 5.45. The molecule has 2 rings (SSSR count). The first-order valence-electron chi connectivity index (χ1n) is 7.12. The van der Waals surface area contributed by atoms with Crippen LogP contribution >= 0.6 is 0 Å². The second kappa shape index (κ2) is 6.07. The minimum Gasteiger partial charge on any atom is -0.480 e. The van der Waals surface area contributed by atoms with Gasteiger partial charge in [0.25, 0.3) is 5.91 Å². The number of rotatable bonds is 2. The van der Waals surface area contributed by atoms with Crippen molar-refractivity contribution in [1.82, 2.24) is 4.90 Å². The van der Waals surface area contributed by atoms with E-state index in [9.17, 15) is 14.7 Å². The van der Waals surface area contributed by atoms with Crippen LogP contribution in [0.5, 0.6) is 0 Å². The van der Waals surface area contributed by atoms with Gasteiger partial charge in [0.1, 0.15) is 6.04 Å². The molecule has 0 aliphatic carbocycles. The van der Waals surface area contributed by atoms with Crippen molar-refractivity contribution in [2.75, 3.05) is 6.54 Å². The highest BCUT2D eigenvalue weighted by Crippen LogP contribution is 2.22. The monoisotopic (exact) mass is 275 g/mol. The predicted molar refractivity (Wildman–Crippen MR) is 76.8 cm³/mol. The summed E-state index contributed by atoms with van der Waals surface area (Å²) in [6.45, 7) is 4.41. The van der Waals surface area contributed by atoms with Crippen molar-refractivity contribution < 1.29 is 14.7 Å². The van der Waals surface area contributed by atoms with Crippen LogP contribution in [0.15, 0.2) is 18.2 Å². The number of carbonyl (C=O) groups excluding carboxylic acids is 1. The summed E-state index contributed by atoms with van der Waals surface area (Å²) in [6, 6.07) is 4.91. The number of nitrogens with zero attached hydrogens (tertiary/aromatic N) is 1. The molecule has 1 N–H and O–H groups in total. The number of carboxylic acids is 1. The van der Waals surface area contributed by atoms with E-state index in [1.54, 1.807) is 6.07 Å². The van der Waals surface area contributed by atoms with Crippen LogP contribution in [0.2, 0.25) is 0 Å². The van der Waals surface area contributed by atoms with Crippen molar-refractivity contribution in [2.24, 2.45) is 0 Å². The Morgan fingerprint density at radius 2 is 1.95 bits per heavy atom. The molecule has 1 fully saturated rings. The molecule has 1 atom stereocenters. The van der Waals surface area contributed by atoms with Gasteiger partial charge in [-0.3, -0.25) is 4.79 Å². The van der Waals surface area contributed by atoms with E-state index in [-0.39, 0.29) is 5.91 Å². The van der Waals surface area contributed by atoms with Gasteiger partial charge in [-0.25, -0.2) is 4.79 Å². The van der Waals surface area contributed by atoms with E-state index in [1.165, 1.54) is 4.90 Å². The molecule has 1 unspecified atom stereocenters. The Kier molecular flexibility index (Phi) is 4.42. The van der Waals surface area contributed by atoms with Crippen LogP contribution in [0.25, 0.3) is 0 Å². The largest absolute Gasteiger partial charge is 0.480 e. The van der Waals surface area contributed by atoms with Crippen LogP contribution in [0.1, 0.15) is 47.2 Å². The molecule has 0 saturated carbocycles. The number of hydrogen-bond acceptors (Lipinski definition) is 2. The number of aliphatic carboxylic acids is 1. The zero-order valence-corrected chi connectivity index (χ0v) is 12.1. The molecule has 1 aliphatic heterocycles. The van der Waals surface area contributed by atoms with E-state index in [0.29, 0.717) is 18.5 Å². The second-order valence-corrected chi connectivity index (χ2v) is 5.45. The lowest BCUT2D eigenvalue weighted by Crippen LogP contribution is -2.44. The van der Waals surface area contributed by atoms with Gasteiger partial charge in [-0.05, 0) is 43.9 Å². The number of hydrogen-bond donors (Lipinski definition) is 1. The Hall–Kier alpha value is -1.84. The lowest BCUT2D eigenvalue weighted by atomic mass is 10.0. The van der Waals surface area contributed by atoms with Crippen LogP contribution < -0.4 is 0 Å². The summed E-state index contributed by atoms with van der Waals surface area (Å²) in [6.07, 6.45) is 3.28. The SMILES string of the molecule is Cc1cccc(C(=O)N2CCCCCC2C(=O)O)c1C. The van der Waals surface area contributed by atoms with Gasteiger partial charge in [0.2, 0.25) is 0 Å². The van der Waals surface area contributed by atoms with Gasteiger partial charge < -0.3 is 10.0 Å². The van der Waals surface area contributed by atoms with Crippen LogP contribution in [-0.4, -0.2) is 34.5 Å². The zero-order chi connectivity index (χ0) is 14.7. The molecule has 1 aromatic rings. The molecular weight excluding hydrogens is 254 g/mol. The lowest BCUT2D eigenvalue weighted by molar-refractivity contribution is -0.142. The molecule has 1 aromatic carbocycles. The van der Waals surface area contributed by atoms with Gasteiger partial charge in [0.05, 0.1) is 0 Å². The van der Waals surface area contributed by atoms with Gasteiger partial charge >= 0.3 is 5.97 Å². The number of carbonyl (C=O) groups is 2. The Labute approximate surface area is 119 Å². The Morgan fingerprint density at radius 3 is 2.65 bits per heavy atom. The first-order valence-corrected chi connectivity index (χ1v) is 7.12. The molecule has 1 saturated heterocycles. The number of amides is 1. The molecule has 0 bridgehead atoms. The number of aryl methyl sites for hydroxylation is 1. The molecule has 0 radical (unpaired) electrons. The summed E-state index contributed by atoms with van der Waals surface area (Å²) in [7, 11) is 0. The van der Waals surface area contributed by atoms with E-state index >= 15 is 0 Å². The third kappa shape index (κ3) is 2.84. The van der Waals surface area contributed by atoms with Crippen molar-refractivity contribution >= 4 is 11.9 Å². The lowest BCUT2D eigenvalue weighted by Gasteiger charge is -2.27. The van der Waals surface area contributed by atoms with Crippen LogP contribution in [0.3, 0.4) is 0 Å². The van der Waals surface area contributed by atoms with Crippen molar-refractivity contribution in [2.45, 2.75) is 45.6 Å². The number of benzene rings is 1. The van der Waals surface area contributed by atoms with Crippen molar-refractivity contribution in [1.29, 1.82) is 0 Å². The molecule has 1 amide bonds. The van der Waals surface area contributed by atoms with Gasteiger partial charge in [0, 0.05) is 12.1 Å². The maximum atomic E-state index is 12.7. The van der Waals surface area contributed by atoms with Crippen LogP contribution in [-0.2, 0) is 4.79 Å². The Balaban J connectivity index is 2.33. The van der Waals surface area contributed by atoms with Crippen molar-refractivity contribution in [3.05, 3.63) is 34.9 Å². The zero-order valence-electron chi connectivity index (χ0n) is 12.1. The summed E-state index contributed by atoms with van der Waals surface area (Å²) in [4.78, 5) is 25.7. The summed E-state index contributed by atoms with van der Waals surface area (Å²) in [5.74, 6) is -1.05. The fourth-order valence-electron chi connectivity index (χ4n) is 2.75. The maximum absolute atomic E-state index is 12.7. The molecule has 1 aliphatic rings. The fraction of sp³-hybridized carbons (Fsp3) is 0.500. The highest BCUT2D eigenvalue weighted by atomic mass is 16.4. The normalized spacial score (nSPS) is 19.5. The van der Waals surface area contributed by atoms with E-state index in [4.69, 9.17) is 0 Å². The quantitative estimate of drug-likeness (QED) is 0.903. The summed E-state index contributed by atoms with van der Waals surface area (Å²) in [5, 5.41) is 9.36. The average Bonchev–Trinajstić information content (AvgIpc) is 2.66. The molecule has 20 heavy (non-hydrogen) atoms. The highest BCUT2D eigenvalue weighted by Gasteiger charge is 2.31. The predicted octanol–water partition coefficient (Wildman–Crippen LogP) is 2.77. The third-order valence-corrected chi connectivity index (χ3v) is 4.13. The van der Waals surface area contributed by atoms with Crippen LogP contribution in [0.4, 0.5) is 0 Å². The minimum absolute atomic E-state index is 0.152. The van der Waals surface area contributed by atoms with Gasteiger partial charge in [-0.1, -0.05) is 25.0 Å². The molecule has 0 spiro atoms. The van der Waals surface area contributed by atoms with E-state index in [0.717, 1.165) is 30.4 Å². The fourth-order valence-corrected chi connectivity index (χ4v) is 2.75. The van der Waals surface area contributed by atoms with Gasteiger partial charge in [0.15, 0.2) is 0 Å². The topological polar surface area (TPSA) is 57.6 Å². The van der Waals surface area contributed by atoms with E-state index in [2.05, 4.69) is 0 Å². The first-order chi connectivity index (χ1) is 9.52. The molecular formula is C16H21NO3. The van der Waals surface area contributed by atoms with Crippen molar-refractivity contribution in [3.8, 4) is 0 Å². The molecule has 0 aromatic heterocycles. The van der Waals surface area contributed by atoms with Gasteiger partial charge in [-0.15, -0.1) is 0 Å². The number of carboxylic acid groups (broad SMARTS) is 1. The van der Waals surface area contributed by atoms with Gasteiger partial charge in [-0.2, -0.15) is 0 Å². The summed E-state index contributed by atoms with van der Waals surface area (Å²) >= 11 is 0. The molecule has 108 valence electrons. The third-order valence-electron chi connectivity index (χ3n) is 4.13. The standard InChI is InChI=1S/C16H21NO3/c1-11-7-6-8-13(12(11)2)15(18)17-10-5-3-4-9-14(17)16(19)20/h6-8,14H,3-5,9-10H2,1-2H3,(H,19,20). The summed E-state index contributed by atoms with van der Waals surface area (Å²) in [5.41, 5.74) is 2.61. The first kappa shape index (κ1) is 14.6. The molecule has 4 heteroatoms. The smallest absolute Gasteiger partial charge is 0.326 e. The Bertz CT molecular complexity index is 524. The Morgan fingerprint density at radius 1 is 1.20 bits per heavy atom. The summed E-state index contributed by atoms with van der Waals surface area (Å²) < 4.78 is 0. The molecule has 1 heterocycles. The van der Waals surface area contributed by atoms with Crippen molar-refractivity contribution in [3.63, 3.8) is 0 Å². The highest BCUT2D eigenvalue weighted by molar-refractivity contribution is 5.98. The average molecular weight is 275 g/mol.